The van der Waals surface area contributed by atoms with E-state index in [1.165, 1.54) is 4.88 Å². The summed E-state index contributed by atoms with van der Waals surface area (Å²) in [5.74, 6) is 0.0101. The zero-order valence-corrected chi connectivity index (χ0v) is 12.5. The van der Waals surface area contributed by atoms with Gasteiger partial charge in [0, 0.05) is 25.0 Å². The number of likely N-dealkylation sites (N-methyl/N-ethyl adjacent to an activating group) is 1. The Balaban J connectivity index is 1.74. The van der Waals surface area contributed by atoms with Gasteiger partial charge in [-0.3, -0.25) is 4.79 Å². The smallest absolute Gasteiger partial charge is 0.315 e. The van der Waals surface area contributed by atoms with Crippen molar-refractivity contribution in [1.29, 1.82) is 0 Å². The number of likely N-dealkylation sites (tertiary alicyclic amines) is 1. The molecule has 1 atom stereocenters. The molecule has 3 amide bonds. The Hall–Kier alpha value is -1.56. The van der Waals surface area contributed by atoms with Crippen LogP contribution in [0.1, 0.15) is 24.1 Å². The standard InChI is InChI=1S/C14H21N3O2S/c1-17-9-3-2-6-12(13(17)18)16-14(19)15-8-7-11-5-4-10-20-11/h4-5,10,12H,2-3,6-9H2,1H3,(H2,15,16,19)/t12-/m1/s1. The van der Waals surface area contributed by atoms with Crippen LogP contribution in [0.5, 0.6) is 0 Å². The summed E-state index contributed by atoms with van der Waals surface area (Å²) in [6.45, 7) is 1.36. The summed E-state index contributed by atoms with van der Waals surface area (Å²) >= 11 is 1.68. The normalized spacial score (nSPS) is 19.6. The monoisotopic (exact) mass is 295 g/mol. The molecule has 110 valence electrons. The second-order valence-corrected chi connectivity index (χ2v) is 6.07. The van der Waals surface area contributed by atoms with Gasteiger partial charge in [0.25, 0.3) is 0 Å². The summed E-state index contributed by atoms with van der Waals surface area (Å²) < 4.78 is 0. The molecule has 2 N–H and O–H groups in total. The second kappa shape index (κ2) is 7.28. The summed E-state index contributed by atoms with van der Waals surface area (Å²) in [5, 5.41) is 7.61. The number of nitrogens with one attached hydrogen (secondary N) is 2. The number of carbonyl (C=O) groups is 2. The number of carbonyl (C=O) groups excluding carboxylic acids is 2. The highest BCUT2D eigenvalue weighted by Gasteiger charge is 2.25. The van der Waals surface area contributed by atoms with Gasteiger partial charge in [-0.05, 0) is 37.1 Å². The molecule has 1 aromatic heterocycles. The van der Waals surface area contributed by atoms with Crippen molar-refractivity contribution in [3.8, 4) is 0 Å². The van der Waals surface area contributed by atoms with E-state index >= 15 is 0 Å². The molecule has 0 radical (unpaired) electrons. The molecular weight excluding hydrogens is 274 g/mol. The second-order valence-electron chi connectivity index (χ2n) is 5.04. The number of amides is 3. The van der Waals surface area contributed by atoms with Gasteiger partial charge in [-0.1, -0.05) is 6.07 Å². The van der Waals surface area contributed by atoms with Crippen molar-refractivity contribution in [2.24, 2.45) is 0 Å². The topological polar surface area (TPSA) is 61.4 Å². The largest absolute Gasteiger partial charge is 0.344 e. The molecule has 20 heavy (non-hydrogen) atoms. The summed E-state index contributed by atoms with van der Waals surface area (Å²) in [7, 11) is 1.79. The fourth-order valence-electron chi connectivity index (χ4n) is 2.29. The van der Waals surface area contributed by atoms with Crippen LogP contribution in [0, 0.1) is 0 Å². The van der Waals surface area contributed by atoms with Gasteiger partial charge in [0.05, 0.1) is 0 Å². The van der Waals surface area contributed by atoms with Gasteiger partial charge in [-0.15, -0.1) is 11.3 Å². The molecule has 2 rings (SSSR count). The summed E-state index contributed by atoms with van der Waals surface area (Å²) in [6.07, 6.45) is 3.52. The van der Waals surface area contributed by atoms with E-state index in [0.717, 1.165) is 32.2 Å². The van der Waals surface area contributed by atoms with Gasteiger partial charge in [0.15, 0.2) is 0 Å². The number of nitrogens with zero attached hydrogens (tertiary/aromatic N) is 1. The zero-order chi connectivity index (χ0) is 14.4. The maximum Gasteiger partial charge on any atom is 0.315 e. The van der Waals surface area contributed by atoms with Gasteiger partial charge in [-0.2, -0.15) is 0 Å². The molecule has 0 aliphatic carbocycles. The molecule has 0 aromatic carbocycles. The van der Waals surface area contributed by atoms with Crippen molar-refractivity contribution in [2.45, 2.75) is 31.7 Å². The van der Waals surface area contributed by atoms with Gasteiger partial charge < -0.3 is 15.5 Å². The van der Waals surface area contributed by atoms with Crippen LogP contribution < -0.4 is 10.6 Å². The van der Waals surface area contributed by atoms with Crippen LogP contribution in [0.3, 0.4) is 0 Å². The zero-order valence-electron chi connectivity index (χ0n) is 11.7. The van der Waals surface area contributed by atoms with Crippen molar-refractivity contribution in [3.63, 3.8) is 0 Å². The molecule has 5 nitrogen and oxygen atoms in total. The highest BCUT2D eigenvalue weighted by molar-refractivity contribution is 7.09. The Labute approximate surface area is 123 Å². The minimum absolute atomic E-state index is 0.0101. The van der Waals surface area contributed by atoms with E-state index in [9.17, 15) is 9.59 Å². The van der Waals surface area contributed by atoms with Gasteiger partial charge in [-0.25, -0.2) is 4.79 Å². The third-order valence-corrected chi connectivity index (χ3v) is 4.39. The third kappa shape index (κ3) is 4.23. The lowest BCUT2D eigenvalue weighted by Gasteiger charge is -2.20. The van der Waals surface area contributed by atoms with E-state index in [0.29, 0.717) is 6.54 Å². The molecule has 1 aromatic rings. The van der Waals surface area contributed by atoms with E-state index in [1.54, 1.807) is 23.3 Å². The molecule has 2 heterocycles. The lowest BCUT2D eigenvalue weighted by molar-refractivity contribution is -0.131. The van der Waals surface area contributed by atoms with E-state index in [4.69, 9.17) is 0 Å². The lowest BCUT2D eigenvalue weighted by Crippen LogP contribution is -2.49. The highest BCUT2D eigenvalue weighted by Crippen LogP contribution is 2.11. The first-order chi connectivity index (χ1) is 9.66. The number of rotatable bonds is 4. The summed E-state index contributed by atoms with van der Waals surface area (Å²) in [4.78, 5) is 26.8. The fourth-order valence-corrected chi connectivity index (χ4v) is 3.00. The van der Waals surface area contributed by atoms with Crippen LogP contribution >= 0.6 is 11.3 Å². The minimum Gasteiger partial charge on any atom is -0.344 e. The number of hydrogen-bond acceptors (Lipinski definition) is 3. The summed E-state index contributed by atoms with van der Waals surface area (Å²) in [5.41, 5.74) is 0. The molecule has 1 fully saturated rings. The Kier molecular flexibility index (Phi) is 5.40. The van der Waals surface area contributed by atoms with Crippen LogP contribution in [0.4, 0.5) is 4.79 Å². The number of thiophene rings is 1. The first-order valence-electron chi connectivity index (χ1n) is 6.98. The predicted molar refractivity (Wildman–Crippen MR) is 79.8 cm³/mol. The molecule has 0 unspecified atom stereocenters. The van der Waals surface area contributed by atoms with Crippen molar-refractivity contribution < 1.29 is 9.59 Å². The Morgan fingerprint density at radius 1 is 1.50 bits per heavy atom. The number of hydrogen-bond donors (Lipinski definition) is 2. The maximum absolute atomic E-state index is 12.0. The summed E-state index contributed by atoms with van der Waals surface area (Å²) in [6, 6.07) is 3.41. The van der Waals surface area contributed by atoms with Crippen LogP contribution in [-0.2, 0) is 11.2 Å². The Bertz CT molecular complexity index is 447. The quantitative estimate of drug-likeness (QED) is 0.886. The van der Waals surface area contributed by atoms with Gasteiger partial charge in [0.2, 0.25) is 5.91 Å². The van der Waals surface area contributed by atoms with Crippen molar-refractivity contribution >= 4 is 23.3 Å². The maximum atomic E-state index is 12.0. The van der Waals surface area contributed by atoms with Gasteiger partial charge >= 0.3 is 6.03 Å². The molecule has 6 heteroatoms. The molecule has 0 saturated carbocycles. The van der Waals surface area contributed by atoms with Crippen molar-refractivity contribution in [3.05, 3.63) is 22.4 Å². The van der Waals surface area contributed by atoms with Crippen LogP contribution in [0.2, 0.25) is 0 Å². The lowest BCUT2D eigenvalue weighted by atomic mass is 10.1. The molecule has 0 bridgehead atoms. The van der Waals surface area contributed by atoms with Crippen LogP contribution in [0.15, 0.2) is 17.5 Å². The fraction of sp³-hybridized carbons (Fsp3) is 0.571. The van der Waals surface area contributed by atoms with Crippen LogP contribution in [-0.4, -0.2) is 43.0 Å². The molecule has 0 spiro atoms. The van der Waals surface area contributed by atoms with E-state index in [-0.39, 0.29) is 18.0 Å². The highest BCUT2D eigenvalue weighted by atomic mass is 32.1. The first-order valence-corrected chi connectivity index (χ1v) is 7.86. The van der Waals surface area contributed by atoms with Gasteiger partial charge in [0.1, 0.15) is 6.04 Å². The van der Waals surface area contributed by atoms with Crippen molar-refractivity contribution in [1.82, 2.24) is 15.5 Å². The minimum atomic E-state index is -0.385. The predicted octanol–water partition coefficient (Wildman–Crippen LogP) is 1.60. The van der Waals surface area contributed by atoms with E-state index in [1.807, 2.05) is 17.5 Å². The first kappa shape index (κ1) is 14.8. The molecule has 1 saturated heterocycles. The molecule has 1 aliphatic rings. The van der Waals surface area contributed by atoms with E-state index in [2.05, 4.69) is 10.6 Å². The van der Waals surface area contributed by atoms with Crippen LogP contribution in [0.25, 0.3) is 0 Å². The third-order valence-electron chi connectivity index (χ3n) is 3.45. The van der Waals surface area contributed by atoms with E-state index < -0.39 is 0 Å². The van der Waals surface area contributed by atoms with Crippen molar-refractivity contribution in [2.75, 3.05) is 20.1 Å². The average molecular weight is 295 g/mol. The Morgan fingerprint density at radius 2 is 2.35 bits per heavy atom. The molecular formula is C14H21N3O2S. The Morgan fingerprint density at radius 3 is 3.10 bits per heavy atom. The average Bonchev–Trinajstić information content (AvgIpc) is 2.89. The molecule has 1 aliphatic heterocycles. The number of urea groups is 1. The SMILES string of the molecule is CN1CCCC[C@@H](NC(=O)NCCc2cccs2)C1=O.